The summed E-state index contributed by atoms with van der Waals surface area (Å²) in [4.78, 5) is 13.2. The maximum atomic E-state index is 14.2. The van der Waals surface area contributed by atoms with Crippen molar-refractivity contribution in [1.82, 2.24) is 0 Å². The number of benzene rings is 2. The molecule has 2 aromatic carbocycles. The van der Waals surface area contributed by atoms with Crippen LogP contribution in [0.1, 0.15) is 22.8 Å². The van der Waals surface area contributed by atoms with Crippen LogP contribution in [0.25, 0.3) is 11.1 Å². The summed E-state index contributed by atoms with van der Waals surface area (Å²) >= 11 is 1.48. The number of halogens is 1. The Bertz CT molecular complexity index is 998. The summed E-state index contributed by atoms with van der Waals surface area (Å²) in [5, 5.41) is 14.8. The number of amides is 1. The van der Waals surface area contributed by atoms with Crippen LogP contribution in [0.15, 0.2) is 47.8 Å². The van der Waals surface area contributed by atoms with Gasteiger partial charge in [0.05, 0.1) is 12.8 Å². The third-order valence-electron chi connectivity index (χ3n) is 4.56. The number of ether oxygens (including phenoxy) is 1. The molecule has 26 heavy (non-hydrogen) atoms. The molecule has 0 radical (unpaired) electrons. The minimum absolute atomic E-state index is 0.0309. The van der Waals surface area contributed by atoms with Crippen molar-refractivity contribution in [2.45, 2.75) is 12.3 Å². The molecular formula is C20H16FNO3S. The lowest BCUT2D eigenvalue weighted by Crippen LogP contribution is -2.22. The average molecular weight is 369 g/mol. The van der Waals surface area contributed by atoms with E-state index in [1.807, 2.05) is 11.4 Å². The van der Waals surface area contributed by atoms with Gasteiger partial charge in [-0.1, -0.05) is 24.3 Å². The van der Waals surface area contributed by atoms with Crippen LogP contribution in [0.3, 0.4) is 0 Å². The zero-order chi connectivity index (χ0) is 18.3. The molecule has 6 heteroatoms. The van der Waals surface area contributed by atoms with Crippen LogP contribution < -0.4 is 10.1 Å². The minimum atomic E-state index is -0.327. The molecule has 0 saturated heterocycles. The fourth-order valence-corrected chi connectivity index (χ4v) is 4.45. The van der Waals surface area contributed by atoms with Crippen molar-refractivity contribution in [2.75, 3.05) is 12.4 Å². The molecule has 0 bridgehead atoms. The third kappa shape index (κ3) is 2.72. The van der Waals surface area contributed by atoms with Gasteiger partial charge in [0.25, 0.3) is 0 Å². The molecule has 0 unspecified atom stereocenters. The quantitative estimate of drug-likeness (QED) is 0.701. The van der Waals surface area contributed by atoms with E-state index in [-0.39, 0.29) is 29.8 Å². The van der Waals surface area contributed by atoms with Crippen LogP contribution in [-0.4, -0.2) is 18.1 Å². The van der Waals surface area contributed by atoms with E-state index in [9.17, 15) is 14.3 Å². The number of thiophene rings is 1. The fraction of sp³-hybridized carbons (Fsp3) is 0.150. The largest absolute Gasteiger partial charge is 0.504 e. The van der Waals surface area contributed by atoms with Crippen LogP contribution in [0, 0.1) is 5.82 Å². The van der Waals surface area contributed by atoms with Crippen molar-refractivity contribution in [2.24, 2.45) is 0 Å². The number of hydrogen-bond acceptors (Lipinski definition) is 4. The predicted octanol–water partition coefficient (Wildman–Crippen LogP) is 4.74. The van der Waals surface area contributed by atoms with Gasteiger partial charge >= 0.3 is 0 Å². The van der Waals surface area contributed by atoms with Crippen molar-refractivity contribution >= 4 is 22.9 Å². The zero-order valence-corrected chi connectivity index (χ0v) is 14.8. The molecule has 1 amide bonds. The van der Waals surface area contributed by atoms with Gasteiger partial charge in [-0.15, -0.1) is 11.3 Å². The normalized spacial score (nSPS) is 16.1. The number of carbonyl (C=O) groups is 1. The van der Waals surface area contributed by atoms with E-state index in [1.54, 1.807) is 30.3 Å². The van der Waals surface area contributed by atoms with Crippen molar-refractivity contribution < 1.29 is 19.0 Å². The van der Waals surface area contributed by atoms with Crippen molar-refractivity contribution in [3.05, 3.63) is 64.1 Å². The summed E-state index contributed by atoms with van der Waals surface area (Å²) in [5.74, 6) is -0.239. The number of aromatic hydroxyl groups is 1. The molecule has 4 rings (SSSR count). The van der Waals surface area contributed by atoms with Gasteiger partial charge in [0.1, 0.15) is 5.82 Å². The molecule has 4 nitrogen and oxygen atoms in total. The number of carbonyl (C=O) groups excluding carboxylic acids is 1. The number of phenols is 1. The Kier molecular flexibility index (Phi) is 4.12. The number of methoxy groups -OCH3 is 1. The van der Waals surface area contributed by atoms with E-state index in [0.717, 1.165) is 10.4 Å². The van der Waals surface area contributed by atoms with Crippen molar-refractivity contribution in [3.8, 4) is 22.6 Å². The molecule has 0 aliphatic carbocycles. The number of hydrogen-bond donors (Lipinski definition) is 2. The van der Waals surface area contributed by atoms with Gasteiger partial charge in [-0.05, 0) is 23.8 Å². The Morgan fingerprint density at radius 3 is 2.77 bits per heavy atom. The van der Waals surface area contributed by atoms with E-state index >= 15 is 0 Å². The fourth-order valence-electron chi connectivity index (χ4n) is 3.30. The van der Waals surface area contributed by atoms with E-state index in [1.165, 1.54) is 24.5 Å². The van der Waals surface area contributed by atoms with Gasteiger partial charge in [0.2, 0.25) is 5.91 Å². The number of rotatable bonds is 3. The van der Waals surface area contributed by atoms with Crippen LogP contribution in [-0.2, 0) is 4.79 Å². The van der Waals surface area contributed by atoms with Gasteiger partial charge in [0, 0.05) is 33.7 Å². The Labute approximate surface area is 153 Å². The molecular weight excluding hydrogens is 353 g/mol. The minimum Gasteiger partial charge on any atom is -0.504 e. The van der Waals surface area contributed by atoms with E-state index < -0.39 is 0 Å². The summed E-state index contributed by atoms with van der Waals surface area (Å²) in [5.41, 5.74) is 2.61. The topological polar surface area (TPSA) is 58.6 Å². The Hall–Kier alpha value is -2.86. The lowest BCUT2D eigenvalue weighted by atomic mass is 9.89. The molecule has 1 atom stereocenters. The molecule has 0 saturated carbocycles. The molecule has 0 fully saturated rings. The first-order valence-corrected chi connectivity index (χ1v) is 8.99. The van der Waals surface area contributed by atoms with Gasteiger partial charge in [0.15, 0.2) is 11.5 Å². The highest BCUT2D eigenvalue weighted by molar-refractivity contribution is 7.11. The molecule has 1 aliphatic rings. The monoisotopic (exact) mass is 369 g/mol. The van der Waals surface area contributed by atoms with E-state index in [0.29, 0.717) is 22.6 Å². The second kappa shape index (κ2) is 6.46. The van der Waals surface area contributed by atoms with Crippen molar-refractivity contribution in [3.63, 3.8) is 0 Å². The van der Waals surface area contributed by atoms with Gasteiger partial charge in [-0.3, -0.25) is 4.79 Å². The smallest absolute Gasteiger partial charge is 0.225 e. The number of fused-ring (bicyclic) bond motifs is 1. The first-order valence-electron chi connectivity index (χ1n) is 8.11. The van der Waals surface area contributed by atoms with Crippen LogP contribution >= 0.6 is 11.3 Å². The molecule has 1 aromatic heterocycles. The lowest BCUT2D eigenvalue weighted by Gasteiger charge is -2.24. The van der Waals surface area contributed by atoms with Gasteiger partial charge in [-0.25, -0.2) is 4.39 Å². The molecule has 3 aromatic rings. The second-order valence-corrected chi connectivity index (χ2v) is 7.02. The average Bonchev–Trinajstić information content (AvgIpc) is 3.05. The molecule has 132 valence electrons. The highest BCUT2D eigenvalue weighted by Crippen LogP contribution is 2.47. The number of anilines is 1. The first kappa shape index (κ1) is 16.6. The summed E-state index contributed by atoms with van der Waals surface area (Å²) in [6, 6.07) is 11.7. The van der Waals surface area contributed by atoms with Gasteiger partial charge < -0.3 is 15.2 Å². The second-order valence-electron chi connectivity index (χ2n) is 6.10. The number of nitrogens with one attached hydrogen (secondary N) is 1. The predicted molar refractivity (Wildman–Crippen MR) is 99.5 cm³/mol. The Balaban J connectivity index is 1.81. The standard InChI is InChI=1S/C20H16FNO3S/c1-25-17-7-6-11(8-16(17)23)13-9-18(24)22-19-14(10-26-20(13)19)12-4-2-3-5-15(12)21/h2-8,10,13,23H,9H2,1H3,(H,22,24)/t13-/m0/s1. The maximum Gasteiger partial charge on any atom is 0.225 e. The zero-order valence-electron chi connectivity index (χ0n) is 14.0. The Morgan fingerprint density at radius 2 is 2.04 bits per heavy atom. The van der Waals surface area contributed by atoms with Crippen LogP contribution in [0.5, 0.6) is 11.5 Å². The molecule has 2 N–H and O–H groups in total. The first-order chi connectivity index (χ1) is 12.6. The molecule has 2 heterocycles. The summed E-state index contributed by atoms with van der Waals surface area (Å²) in [6.07, 6.45) is 0.274. The van der Waals surface area contributed by atoms with Crippen LogP contribution in [0.2, 0.25) is 0 Å². The summed E-state index contributed by atoms with van der Waals surface area (Å²) in [7, 11) is 1.49. The van der Waals surface area contributed by atoms with Crippen molar-refractivity contribution in [1.29, 1.82) is 0 Å². The Morgan fingerprint density at radius 1 is 1.23 bits per heavy atom. The van der Waals surface area contributed by atoms with E-state index in [2.05, 4.69) is 5.32 Å². The third-order valence-corrected chi connectivity index (χ3v) is 5.66. The maximum absolute atomic E-state index is 14.2. The summed E-state index contributed by atoms with van der Waals surface area (Å²) in [6.45, 7) is 0. The van der Waals surface area contributed by atoms with Gasteiger partial charge in [-0.2, -0.15) is 0 Å². The molecule has 0 spiro atoms. The van der Waals surface area contributed by atoms with Crippen LogP contribution in [0.4, 0.5) is 10.1 Å². The lowest BCUT2D eigenvalue weighted by molar-refractivity contribution is -0.116. The SMILES string of the molecule is COc1ccc([C@@H]2CC(=O)Nc3c(-c4ccccc4F)csc32)cc1O. The molecule has 1 aliphatic heterocycles. The highest BCUT2D eigenvalue weighted by atomic mass is 32.1. The highest BCUT2D eigenvalue weighted by Gasteiger charge is 2.31. The number of phenolic OH excluding ortho intramolecular Hbond substituents is 1. The summed E-state index contributed by atoms with van der Waals surface area (Å²) < 4.78 is 19.3. The van der Waals surface area contributed by atoms with E-state index in [4.69, 9.17) is 4.74 Å².